The maximum Gasteiger partial charge on any atom is 0.185 e. The second kappa shape index (κ2) is 5.02. The molecule has 2 nitrogen and oxygen atoms in total. The lowest BCUT2D eigenvalue weighted by atomic mass is 10.1. The third kappa shape index (κ3) is 2.59. The maximum absolute atomic E-state index is 11.2. The van der Waals surface area contributed by atoms with Crippen molar-refractivity contribution in [2.75, 3.05) is 6.61 Å². The number of ketones is 1. The van der Waals surface area contributed by atoms with E-state index in [0.717, 1.165) is 5.75 Å². The fourth-order valence-corrected chi connectivity index (χ4v) is 0.988. The van der Waals surface area contributed by atoms with E-state index in [1.165, 1.54) is 6.08 Å². The van der Waals surface area contributed by atoms with Crippen molar-refractivity contribution < 1.29 is 9.53 Å². The van der Waals surface area contributed by atoms with Crippen LogP contribution in [0.15, 0.2) is 49.6 Å². The molecule has 0 saturated heterocycles. The third-order valence-corrected chi connectivity index (χ3v) is 1.69. The van der Waals surface area contributed by atoms with Crippen molar-refractivity contribution in [2.24, 2.45) is 0 Å². The van der Waals surface area contributed by atoms with Crippen LogP contribution in [0.3, 0.4) is 0 Å². The van der Waals surface area contributed by atoms with Crippen molar-refractivity contribution in [3.63, 3.8) is 0 Å². The summed E-state index contributed by atoms with van der Waals surface area (Å²) in [5.74, 6) is 0.644. The standard InChI is InChI=1S/C12H12O2/c1-3-9-14-11-7-5-10(6-8-11)12(13)4-2/h3-8H,1-2,9H2. The van der Waals surface area contributed by atoms with Gasteiger partial charge in [-0.15, -0.1) is 0 Å². The lowest BCUT2D eigenvalue weighted by molar-refractivity contribution is 0.104. The highest BCUT2D eigenvalue weighted by molar-refractivity contribution is 6.04. The molecule has 0 spiro atoms. The van der Waals surface area contributed by atoms with Crippen LogP contribution < -0.4 is 4.74 Å². The zero-order valence-corrected chi connectivity index (χ0v) is 7.90. The van der Waals surface area contributed by atoms with Crippen molar-refractivity contribution in [1.82, 2.24) is 0 Å². The fraction of sp³-hybridized carbons (Fsp3) is 0.0833. The lowest BCUT2D eigenvalue weighted by Gasteiger charge is -2.02. The van der Waals surface area contributed by atoms with E-state index in [4.69, 9.17) is 4.74 Å². The predicted octanol–water partition coefficient (Wildman–Crippen LogP) is 2.62. The van der Waals surface area contributed by atoms with Crippen LogP contribution >= 0.6 is 0 Å². The highest BCUT2D eigenvalue weighted by atomic mass is 16.5. The summed E-state index contributed by atoms with van der Waals surface area (Å²) in [7, 11) is 0. The average molecular weight is 188 g/mol. The Bertz CT molecular complexity index is 336. The number of benzene rings is 1. The van der Waals surface area contributed by atoms with E-state index in [1.807, 2.05) is 0 Å². The lowest BCUT2D eigenvalue weighted by Crippen LogP contribution is -1.95. The summed E-state index contributed by atoms with van der Waals surface area (Å²) < 4.78 is 5.27. The van der Waals surface area contributed by atoms with Crippen molar-refractivity contribution in [2.45, 2.75) is 0 Å². The molecule has 0 N–H and O–H groups in total. The number of carbonyl (C=O) groups is 1. The van der Waals surface area contributed by atoms with Gasteiger partial charge in [-0.3, -0.25) is 4.79 Å². The van der Waals surface area contributed by atoms with E-state index in [1.54, 1.807) is 30.3 Å². The molecule has 2 heteroatoms. The molecule has 0 bridgehead atoms. The molecule has 0 amide bonds. The van der Waals surface area contributed by atoms with Crippen LogP contribution in [0, 0.1) is 0 Å². The van der Waals surface area contributed by atoms with Gasteiger partial charge in [0.2, 0.25) is 0 Å². The van der Waals surface area contributed by atoms with Gasteiger partial charge in [-0.1, -0.05) is 19.2 Å². The SMILES string of the molecule is C=CCOc1ccc(C(=O)C=C)cc1. The number of rotatable bonds is 5. The van der Waals surface area contributed by atoms with Crippen LogP contribution in [0.25, 0.3) is 0 Å². The van der Waals surface area contributed by atoms with Crippen LogP contribution in [-0.4, -0.2) is 12.4 Å². The van der Waals surface area contributed by atoms with E-state index in [-0.39, 0.29) is 5.78 Å². The van der Waals surface area contributed by atoms with Crippen LogP contribution in [0.1, 0.15) is 10.4 Å². The molecule has 1 aromatic carbocycles. The number of allylic oxidation sites excluding steroid dienone is 1. The molecule has 0 heterocycles. The Morgan fingerprint density at radius 3 is 2.43 bits per heavy atom. The van der Waals surface area contributed by atoms with Crippen molar-refractivity contribution >= 4 is 5.78 Å². The summed E-state index contributed by atoms with van der Waals surface area (Å²) in [5.41, 5.74) is 0.617. The summed E-state index contributed by atoms with van der Waals surface area (Å²) >= 11 is 0. The normalized spacial score (nSPS) is 9.14. The number of hydrogen-bond acceptors (Lipinski definition) is 2. The molecule has 0 fully saturated rings. The first-order valence-electron chi connectivity index (χ1n) is 4.28. The summed E-state index contributed by atoms with van der Waals surface area (Å²) in [6.07, 6.45) is 2.96. The van der Waals surface area contributed by atoms with Gasteiger partial charge in [-0.2, -0.15) is 0 Å². The van der Waals surface area contributed by atoms with Gasteiger partial charge in [-0.05, 0) is 30.3 Å². The van der Waals surface area contributed by atoms with Gasteiger partial charge in [0.25, 0.3) is 0 Å². The molecule has 14 heavy (non-hydrogen) atoms. The van der Waals surface area contributed by atoms with Gasteiger partial charge in [0.1, 0.15) is 12.4 Å². The topological polar surface area (TPSA) is 26.3 Å². The average Bonchev–Trinajstić information content (AvgIpc) is 2.26. The van der Waals surface area contributed by atoms with Crippen molar-refractivity contribution in [1.29, 1.82) is 0 Å². The Morgan fingerprint density at radius 2 is 1.93 bits per heavy atom. The number of carbonyl (C=O) groups excluding carboxylic acids is 1. The molecule has 0 atom stereocenters. The summed E-state index contributed by atoms with van der Waals surface area (Å²) in [6.45, 7) is 7.42. The highest BCUT2D eigenvalue weighted by Gasteiger charge is 2.00. The molecular weight excluding hydrogens is 176 g/mol. The Balaban J connectivity index is 2.72. The number of hydrogen-bond donors (Lipinski definition) is 0. The molecule has 1 rings (SSSR count). The molecule has 0 saturated carbocycles. The van der Waals surface area contributed by atoms with Gasteiger partial charge in [0.15, 0.2) is 5.78 Å². The van der Waals surface area contributed by atoms with E-state index >= 15 is 0 Å². The van der Waals surface area contributed by atoms with Crippen LogP contribution in [0.4, 0.5) is 0 Å². The van der Waals surface area contributed by atoms with Gasteiger partial charge < -0.3 is 4.74 Å². The second-order valence-electron chi connectivity index (χ2n) is 2.69. The Labute approximate surface area is 83.5 Å². The monoisotopic (exact) mass is 188 g/mol. The van der Waals surface area contributed by atoms with Gasteiger partial charge in [-0.25, -0.2) is 0 Å². The van der Waals surface area contributed by atoms with Gasteiger partial charge in [0, 0.05) is 5.56 Å². The smallest absolute Gasteiger partial charge is 0.185 e. The van der Waals surface area contributed by atoms with E-state index in [2.05, 4.69) is 13.2 Å². The van der Waals surface area contributed by atoms with Gasteiger partial charge in [0.05, 0.1) is 0 Å². The Morgan fingerprint density at radius 1 is 1.29 bits per heavy atom. The van der Waals surface area contributed by atoms with E-state index in [0.29, 0.717) is 12.2 Å². The van der Waals surface area contributed by atoms with Crippen LogP contribution in [0.5, 0.6) is 5.75 Å². The van der Waals surface area contributed by atoms with Crippen LogP contribution in [0.2, 0.25) is 0 Å². The van der Waals surface area contributed by atoms with Gasteiger partial charge >= 0.3 is 0 Å². The first-order chi connectivity index (χ1) is 6.77. The molecule has 0 unspecified atom stereocenters. The first-order valence-corrected chi connectivity index (χ1v) is 4.28. The maximum atomic E-state index is 11.2. The highest BCUT2D eigenvalue weighted by Crippen LogP contribution is 2.12. The zero-order valence-electron chi connectivity index (χ0n) is 7.90. The van der Waals surface area contributed by atoms with E-state index in [9.17, 15) is 4.79 Å². The molecule has 0 radical (unpaired) electrons. The summed E-state index contributed by atoms with van der Waals surface area (Å²) in [5, 5.41) is 0. The Hall–Kier alpha value is -1.83. The minimum Gasteiger partial charge on any atom is -0.490 e. The fourth-order valence-electron chi connectivity index (χ4n) is 0.988. The van der Waals surface area contributed by atoms with Crippen molar-refractivity contribution in [3.05, 3.63) is 55.1 Å². The van der Waals surface area contributed by atoms with Crippen molar-refractivity contribution in [3.8, 4) is 5.75 Å². The summed E-state index contributed by atoms with van der Waals surface area (Å²) in [6, 6.07) is 6.92. The molecular formula is C12H12O2. The predicted molar refractivity (Wildman–Crippen MR) is 56.7 cm³/mol. The minimum absolute atomic E-state index is 0.0831. The second-order valence-corrected chi connectivity index (χ2v) is 2.69. The largest absolute Gasteiger partial charge is 0.490 e. The van der Waals surface area contributed by atoms with Crippen LogP contribution in [-0.2, 0) is 0 Å². The molecule has 0 aromatic heterocycles. The molecule has 0 aliphatic heterocycles. The third-order valence-electron chi connectivity index (χ3n) is 1.69. The first kappa shape index (κ1) is 10.3. The molecule has 0 aliphatic carbocycles. The zero-order chi connectivity index (χ0) is 10.4. The minimum atomic E-state index is -0.0831. The molecule has 0 aliphatic rings. The molecule has 1 aromatic rings. The van der Waals surface area contributed by atoms with E-state index < -0.39 is 0 Å². The quantitative estimate of drug-likeness (QED) is 0.403. The Kier molecular flexibility index (Phi) is 3.68. The summed E-state index contributed by atoms with van der Waals surface area (Å²) in [4.78, 5) is 11.2. The molecule has 72 valence electrons. The number of ether oxygens (including phenoxy) is 1.